The van der Waals surface area contributed by atoms with Crippen molar-refractivity contribution < 1.29 is 13.2 Å². The molecule has 0 unspecified atom stereocenters. The van der Waals surface area contributed by atoms with Crippen LogP contribution in [-0.2, 0) is 6.18 Å². The molecule has 0 fully saturated rings. The number of hydrogen-bond donors (Lipinski definition) is 0. The normalized spacial score (nSPS) is 11.5. The third kappa shape index (κ3) is 2.88. The number of benzene rings is 2. The highest BCUT2D eigenvalue weighted by Gasteiger charge is 2.30. The smallest absolute Gasteiger partial charge is 0.166 e. The van der Waals surface area contributed by atoms with E-state index in [1.54, 1.807) is 24.3 Å². The molecule has 1 radical (unpaired) electrons. The van der Waals surface area contributed by atoms with Crippen molar-refractivity contribution >= 4 is 15.9 Å². The molecule has 0 saturated carbocycles. The largest absolute Gasteiger partial charge is 0.416 e. The van der Waals surface area contributed by atoms with Crippen LogP contribution in [0.1, 0.15) is 5.56 Å². The number of hydrogen-bond acceptors (Lipinski definition) is 0. The van der Waals surface area contributed by atoms with E-state index >= 15 is 0 Å². The monoisotopic (exact) mass is 299 g/mol. The van der Waals surface area contributed by atoms with Gasteiger partial charge in [0.05, 0.1) is 5.56 Å². The molecule has 0 atom stereocenters. The number of alkyl halides is 3. The fourth-order valence-corrected chi connectivity index (χ4v) is 1.70. The molecule has 17 heavy (non-hydrogen) atoms. The third-order valence-electron chi connectivity index (χ3n) is 2.28. The minimum atomic E-state index is -4.32. The SMILES string of the molecule is FC(F)(F)c1cc[c]c(-c2ccc(Br)cc2)c1. The Morgan fingerprint density at radius 2 is 1.65 bits per heavy atom. The van der Waals surface area contributed by atoms with Gasteiger partial charge in [-0.1, -0.05) is 34.1 Å². The molecule has 4 heteroatoms. The van der Waals surface area contributed by atoms with Crippen molar-refractivity contribution in [2.45, 2.75) is 6.18 Å². The van der Waals surface area contributed by atoms with E-state index in [0.717, 1.165) is 16.6 Å². The second-order valence-corrected chi connectivity index (χ2v) is 4.41. The number of halogens is 4. The van der Waals surface area contributed by atoms with Crippen LogP contribution in [0, 0.1) is 6.07 Å². The average Bonchev–Trinajstić information content (AvgIpc) is 2.29. The molecule has 0 spiro atoms. The summed E-state index contributed by atoms with van der Waals surface area (Å²) in [5, 5.41) is 0. The van der Waals surface area contributed by atoms with E-state index < -0.39 is 11.7 Å². The molecular formula is C13H7BrF3. The predicted octanol–water partition coefficient (Wildman–Crippen LogP) is 4.94. The van der Waals surface area contributed by atoms with Crippen molar-refractivity contribution in [1.82, 2.24) is 0 Å². The van der Waals surface area contributed by atoms with Gasteiger partial charge in [0.15, 0.2) is 0 Å². The van der Waals surface area contributed by atoms with Gasteiger partial charge < -0.3 is 0 Å². The van der Waals surface area contributed by atoms with Crippen LogP contribution >= 0.6 is 15.9 Å². The van der Waals surface area contributed by atoms with E-state index in [-0.39, 0.29) is 0 Å². The zero-order valence-electron chi connectivity index (χ0n) is 8.55. The second kappa shape index (κ2) is 4.53. The Labute approximate surface area is 105 Å². The predicted molar refractivity (Wildman–Crippen MR) is 63.4 cm³/mol. The maximum absolute atomic E-state index is 12.5. The maximum atomic E-state index is 12.5. The highest BCUT2D eigenvalue weighted by molar-refractivity contribution is 9.10. The third-order valence-corrected chi connectivity index (χ3v) is 2.81. The van der Waals surface area contributed by atoms with Crippen LogP contribution < -0.4 is 0 Å². The van der Waals surface area contributed by atoms with Gasteiger partial charge in [0.2, 0.25) is 0 Å². The van der Waals surface area contributed by atoms with E-state index in [9.17, 15) is 13.2 Å². The first-order valence-electron chi connectivity index (χ1n) is 4.82. The van der Waals surface area contributed by atoms with Gasteiger partial charge in [0, 0.05) is 4.47 Å². The lowest BCUT2D eigenvalue weighted by Crippen LogP contribution is -2.04. The molecule has 0 nitrogen and oxygen atoms in total. The van der Waals surface area contributed by atoms with Gasteiger partial charge in [-0.05, 0) is 41.5 Å². The summed E-state index contributed by atoms with van der Waals surface area (Å²) in [6.45, 7) is 0. The van der Waals surface area contributed by atoms with Gasteiger partial charge in [-0.2, -0.15) is 13.2 Å². The number of rotatable bonds is 1. The fourth-order valence-electron chi connectivity index (χ4n) is 1.44. The van der Waals surface area contributed by atoms with Gasteiger partial charge >= 0.3 is 6.18 Å². The van der Waals surface area contributed by atoms with Gasteiger partial charge in [0.25, 0.3) is 0 Å². The topological polar surface area (TPSA) is 0 Å². The zero-order valence-corrected chi connectivity index (χ0v) is 10.1. The Morgan fingerprint density at radius 1 is 1.00 bits per heavy atom. The summed E-state index contributed by atoms with van der Waals surface area (Å²) in [6, 6.07) is 13.3. The maximum Gasteiger partial charge on any atom is 0.416 e. The summed E-state index contributed by atoms with van der Waals surface area (Å²) in [4.78, 5) is 0. The molecule has 0 aliphatic rings. The van der Waals surface area contributed by atoms with Crippen LogP contribution in [0.4, 0.5) is 13.2 Å². The lowest BCUT2D eigenvalue weighted by Gasteiger charge is -2.08. The van der Waals surface area contributed by atoms with E-state index in [1.807, 2.05) is 0 Å². The van der Waals surface area contributed by atoms with E-state index in [0.29, 0.717) is 11.1 Å². The molecule has 0 aliphatic carbocycles. The minimum Gasteiger partial charge on any atom is -0.166 e. The van der Waals surface area contributed by atoms with Crippen molar-refractivity contribution in [3.8, 4) is 11.1 Å². The quantitative estimate of drug-likeness (QED) is 0.700. The van der Waals surface area contributed by atoms with Crippen LogP contribution in [0.2, 0.25) is 0 Å². The van der Waals surface area contributed by atoms with Crippen molar-refractivity contribution in [2.75, 3.05) is 0 Å². The lowest BCUT2D eigenvalue weighted by molar-refractivity contribution is -0.137. The Morgan fingerprint density at radius 3 is 2.24 bits per heavy atom. The Hall–Kier alpha value is -1.29. The summed E-state index contributed by atoms with van der Waals surface area (Å²) in [5.41, 5.74) is 0.487. The molecule has 87 valence electrons. The molecule has 2 aromatic rings. The van der Waals surface area contributed by atoms with Gasteiger partial charge in [-0.25, -0.2) is 0 Å². The molecule has 0 heterocycles. The van der Waals surface area contributed by atoms with Crippen LogP contribution in [-0.4, -0.2) is 0 Å². The first-order valence-corrected chi connectivity index (χ1v) is 5.61. The molecule has 0 amide bonds. The highest BCUT2D eigenvalue weighted by atomic mass is 79.9. The minimum absolute atomic E-state index is 0.437. The second-order valence-electron chi connectivity index (χ2n) is 3.50. The standard InChI is InChI=1S/C13H7BrF3/c14-12-6-4-9(5-7-12)10-2-1-3-11(8-10)13(15,16)17/h1,3-8H. The summed E-state index contributed by atoms with van der Waals surface area (Å²) in [6.07, 6.45) is -4.32. The molecule has 0 saturated heterocycles. The molecule has 0 N–H and O–H groups in total. The first-order chi connectivity index (χ1) is 7.97. The molecule has 2 rings (SSSR count). The van der Waals surface area contributed by atoms with Gasteiger partial charge in [-0.3, -0.25) is 0 Å². The molecule has 0 bridgehead atoms. The summed E-state index contributed by atoms with van der Waals surface area (Å²) in [5.74, 6) is 0. The molecular weight excluding hydrogens is 293 g/mol. The Bertz CT molecular complexity index is 515. The molecule has 0 aromatic heterocycles. The highest BCUT2D eigenvalue weighted by Crippen LogP contribution is 2.32. The molecule has 2 aromatic carbocycles. The summed E-state index contributed by atoms with van der Waals surface area (Å²) in [7, 11) is 0. The lowest BCUT2D eigenvalue weighted by atomic mass is 10.0. The van der Waals surface area contributed by atoms with E-state index in [1.165, 1.54) is 6.07 Å². The van der Waals surface area contributed by atoms with Crippen LogP contribution in [0.3, 0.4) is 0 Å². The summed E-state index contributed by atoms with van der Waals surface area (Å²) < 4.78 is 38.5. The van der Waals surface area contributed by atoms with Gasteiger partial charge in [0.1, 0.15) is 0 Å². The zero-order chi connectivity index (χ0) is 12.5. The van der Waals surface area contributed by atoms with E-state index in [4.69, 9.17) is 0 Å². The van der Waals surface area contributed by atoms with Gasteiger partial charge in [-0.15, -0.1) is 0 Å². The van der Waals surface area contributed by atoms with E-state index in [2.05, 4.69) is 22.0 Å². The summed E-state index contributed by atoms with van der Waals surface area (Å²) >= 11 is 3.27. The average molecular weight is 300 g/mol. The first kappa shape index (κ1) is 12.2. The Kier molecular flexibility index (Phi) is 3.24. The van der Waals surface area contributed by atoms with Crippen molar-refractivity contribution in [1.29, 1.82) is 0 Å². The van der Waals surface area contributed by atoms with Crippen molar-refractivity contribution in [2.24, 2.45) is 0 Å². The Balaban J connectivity index is 2.43. The van der Waals surface area contributed by atoms with Crippen LogP contribution in [0.25, 0.3) is 11.1 Å². The van der Waals surface area contributed by atoms with Crippen molar-refractivity contribution in [3.05, 3.63) is 58.6 Å². The fraction of sp³-hybridized carbons (Fsp3) is 0.0769. The molecule has 0 aliphatic heterocycles. The van der Waals surface area contributed by atoms with Crippen LogP contribution in [0.15, 0.2) is 46.9 Å². The van der Waals surface area contributed by atoms with Crippen LogP contribution in [0.5, 0.6) is 0 Å². The van der Waals surface area contributed by atoms with Crippen molar-refractivity contribution in [3.63, 3.8) is 0 Å².